The Labute approximate surface area is 113 Å². The topological polar surface area (TPSA) is 91.7 Å². The van der Waals surface area contributed by atoms with Crippen LogP contribution in [0.1, 0.15) is 11.8 Å². The van der Waals surface area contributed by atoms with E-state index >= 15 is 0 Å². The lowest BCUT2D eigenvalue weighted by Gasteiger charge is -2.01. The van der Waals surface area contributed by atoms with Crippen molar-refractivity contribution in [2.45, 2.75) is 13.3 Å². The molecule has 8 heteroatoms. The molecule has 19 heavy (non-hydrogen) atoms. The minimum atomic E-state index is 0.183. The van der Waals surface area contributed by atoms with Crippen molar-refractivity contribution in [1.82, 2.24) is 24.7 Å². The van der Waals surface area contributed by atoms with Gasteiger partial charge in [0.25, 0.3) is 0 Å². The molecule has 0 aliphatic heterocycles. The summed E-state index contributed by atoms with van der Waals surface area (Å²) in [6.45, 7) is 2.09. The zero-order chi connectivity index (χ0) is 13.4. The van der Waals surface area contributed by atoms with Gasteiger partial charge in [-0.05, 0) is 12.5 Å². The van der Waals surface area contributed by atoms with E-state index < -0.39 is 0 Å². The normalized spacial score (nSPS) is 11.1. The number of anilines is 1. The molecule has 3 aromatic heterocycles. The molecule has 3 heterocycles. The summed E-state index contributed by atoms with van der Waals surface area (Å²) >= 11 is 1.58. The molecule has 0 aromatic carbocycles. The number of hydrogen-bond acceptors (Lipinski definition) is 7. The zero-order valence-electron chi connectivity index (χ0n) is 10.5. The Morgan fingerprint density at radius 3 is 2.95 bits per heavy atom. The lowest BCUT2D eigenvalue weighted by Crippen LogP contribution is -1.98. The number of aryl methyl sites for hydroxylation is 2. The summed E-state index contributed by atoms with van der Waals surface area (Å²) in [5.74, 6) is 0.576. The zero-order valence-corrected chi connectivity index (χ0v) is 11.3. The summed E-state index contributed by atoms with van der Waals surface area (Å²) in [6.07, 6.45) is 2.49. The first-order valence-corrected chi connectivity index (χ1v) is 6.56. The highest BCUT2D eigenvalue weighted by Gasteiger charge is 2.13. The van der Waals surface area contributed by atoms with Crippen LogP contribution in [0.25, 0.3) is 10.2 Å². The Bertz CT molecular complexity index is 734. The lowest BCUT2D eigenvalue weighted by atomic mass is 10.3. The first-order chi connectivity index (χ1) is 9.15. The van der Waals surface area contributed by atoms with Gasteiger partial charge in [-0.15, -0.1) is 16.4 Å². The molecule has 0 amide bonds. The number of ether oxygens (including phenoxy) is 1. The van der Waals surface area contributed by atoms with Crippen LogP contribution in [-0.2, 0) is 13.5 Å². The van der Waals surface area contributed by atoms with Gasteiger partial charge < -0.3 is 10.5 Å². The van der Waals surface area contributed by atoms with Gasteiger partial charge >= 0.3 is 6.01 Å². The number of nitrogen functional groups attached to an aromatic ring is 1. The summed E-state index contributed by atoms with van der Waals surface area (Å²) in [6, 6.07) is 2.25. The molecule has 0 unspecified atom stereocenters. The molecule has 2 N–H and O–H groups in total. The van der Waals surface area contributed by atoms with Crippen molar-refractivity contribution in [3.8, 4) is 11.9 Å². The van der Waals surface area contributed by atoms with Crippen molar-refractivity contribution in [2.24, 2.45) is 7.05 Å². The van der Waals surface area contributed by atoms with Gasteiger partial charge in [0.2, 0.25) is 11.8 Å². The summed E-state index contributed by atoms with van der Waals surface area (Å²) < 4.78 is 7.14. The Hall–Kier alpha value is -2.22. The highest BCUT2D eigenvalue weighted by Crippen LogP contribution is 2.32. The Balaban J connectivity index is 2.08. The van der Waals surface area contributed by atoms with Gasteiger partial charge in [-0.2, -0.15) is 9.97 Å². The van der Waals surface area contributed by atoms with Crippen LogP contribution in [0.2, 0.25) is 0 Å². The summed E-state index contributed by atoms with van der Waals surface area (Å²) in [4.78, 5) is 14.4. The molecule has 0 saturated carbocycles. The molecule has 0 spiro atoms. The molecular formula is C11H12N6OS. The van der Waals surface area contributed by atoms with Gasteiger partial charge in [0.15, 0.2) is 0 Å². The number of fused-ring (bicyclic) bond motifs is 1. The summed E-state index contributed by atoms with van der Waals surface area (Å²) in [5, 5.41) is 4.89. The second-order valence-electron chi connectivity index (χ2n) is 3.97. The van der Waals surface area contributed by atoms with Crippen LogP contribution in [-0.4, -0.2) is 24.7 Å². The number of hydrogen-bond donors (Lipinski definition) is 1. The third-order valence-corrected chi connectivity index (χ3v) is 3.71. The van der Waals surface area contributed by atoms with E-state index in [4.69, 9.17) is 10.5 Å². The smallest absolute Gasteiger partial charge is 0.342 e. The van der Waals surface area contributed by atoms with Gasteiger partial charge in [-0.1, -0.05) is 6.92 Å². The third-order valence-electron chi connectivity index (χ3n) is 2.54. The fraction of sp³-hybridized carbons (Fsp3) is 0.273. The third kappa shape index (κ3) is 2.22. The molecule has 0 aliphatic rings. The van der Waals surface area contributed by atoms with Crippen LogP contribution in [0.5, 0.6) is 11.9 Å². The number of thiophene rings is 1. The number of nitrogens with two attached hydrogens (primary N) is 1. The fourth-order valence-corrected chi connectivity index (χ4v) is 2.63. The van der Waals surface area contributed by atoms with Gasteiger partial charge in [0.1, 0.15) is 11.2 Å². The number of rotatable bonds is 3. The molecule has 0 saturated heterocycles. The standard InChI is InChI=1S/C11H12N6OS/c1-3-6-4-7-8(14-10(12)15-9(7)19-6)18-11-13-5-17(2)16-11/h4-5H,3H2,1-2H3,(H2,12,14,15). The maximum absolute atomic E-state index is 5.69. The second-order valence-corrected chi connectivity index (χ2v) is 5.09. The monoisotopic (exact) mass is 276 g/mol. The fourth-order valence-electron chi connectivity index (χ4n) is 1.67. The lowest BCUT2D eigenvalue weighted by molar-refractivity contribution is 0.428. The van der Waals surface area contributed by atoms with E-state index in [1.54, 1.807) is 29.4 Å². The molecule has 98 valence electrons. The SMILES string of the molecule is CCc1cc2c(Oc3ncn(C)n3)nc(N)nc2s1. The van der Waals surface area contributed by atoms with E-state index in [9.17, 15) is 0 Å². The Morgan fingerprint density at radius 1 is 1.42 bits per heavy atom. The first kappa shape index (κ1) is 11.8. The highest BCUT2D eigenvalue weighted by molar-refractivity contribution is 7.18. The molecule has 0 bridgehead atoms. The van der Waals surface area contributed by atoms with E-state index in [1.807, 2.05) is 6.07 Å². The molecular weight excluding hydrogens is 264 g/mol. The van der Waals surface area contributed by atoms with Crippen LogP contribution in [0.4, 0.5) is 5.95 Å². The maximum Gasteiger partial charge on any atom is 0.342 e. The Kier molecular flexibility index (Phi) is 2.79. The highest BCUT2D eigenvalue weighted by atomic mass is 32.1. The number of aromatic nitrogens is 5. The van der Waals surface area contributed by atoms with E-state index in [1.165, 1.54) is 4.88 Å². The average Bonchev–Trinajstić information content (AvgIpc) is 2.95. The molecule has 0 radical (unpaired) electrons. The van der Waals surface area contributed by atoms with Gasteiger partial charge in [0.05, 0.1) is 5.39 Å². The van der Waals surface area contributed by atoms with E-state index in [-0.39, 0.29) is 12.0 Å². The Morgan fingerprint density at radius 2 is 2.26 bits per heavy atom. The minimum absolute atomic E-state index is 0.183. The first-order valence-electron chi connectivity index (χ1n) is 5.75. The molecule has 0 atom stereocenters. The minimum Gasteiger partial charge on any atom is -0.403 e. The van der Waals surface area contributed by atoms with E-state index in [0.29, 0.717) is 5.88 Å². The van der Waals surface area contributed by atoms with Crippen molar-refractivity contribution >= 4 is 27.5 Å². The predicted octanol–water partition coefficient (Wildman–Crippen LogP) is 1.76. The number of nitrogens with zero attached hydrogens (tertiary/aromatic N) is 5. The van der Waals surface area contributed by atoms with Crippen molar-refractivity contribution in [3.63, 3.8) is 0 Å². The van der Waals surface area contributed by atoms with Crippen LogP contribution in [0.3, 0.4) is 0 Å². The molecule has 7 nitrogen and oxygen atoms in total. The van der Waals surface area contributed by atoms with Crippen molar-refractivity contribution < 1.29 is 4.74 Å². The maximum atomic E-state index is 5.69. The van der Waals surface area contributed by atoms with Crippen LogP contribution < -0.4 is 10.5 Å². The van der Waals surface area contributed by atoms with Crippen molar-refractivity contribution in [2.75, 3.05) is 5.73 Å². The molecule has 0 fully saturated rings. The predicted molar refractivity (Wildman–Crippen MR) is 72.3 cm³/mol. The quantitative estimate of drug-likeness (QED) is 0.783. The second kappa shape index (κ2) is 4.47. The van der Waals surface area contributed by atoms with Crippen LogP contribution in [0.15, 0.2) is 12.4 Å². The molecule has 3 rings (SSSR count). The van der Waals surface area contributed by atoms with E-state index in [0.717, 1.165) is 16.6 Å². The van der Waals surface area contributed by atoms with Crippen LogP contribution in [0, 0.1) is 0 Å². The van der Waals surface area contributed by atoms with Gasteiger partial charge in [-0.3, -0.25) is 4.68 Å². The average molecular weight is 276 g/mol. The van der Waals surface area contributed by atoms with Crippen LogP contribution >= 0.6 is 11.3 Å². The molecule has 0 aliphatic carbocycles. The largest absolute Gasteiger partial charge is 0.403 e. The van der Waals surface area contributed by atoms with Crippen molar-refractivity contribution in [1.29, 1.82) is 0 Å². The van der Waals surface area contributed by atoms with E-state index in [2.05, 4.69) is 27.0 Å². The van der Waals surface area contributed by atoms with Gasteiger partial charge in [-0.25, -0.2) is 4.98 Å². The molecule has 3 aromatic rings. The van der Waals surface area contributed by atoms with Crippen molar-refractivity contribution in [3.05, 3.63) is 17.3 Å². The summed E-state index contributed by atoms with van der Waals surface area (Å²) in [5.41, 5.74) is 5.69. The summed E-state index contributed by atoms with van der Waals surface area (Å²) in [7, 11) is 1.77. The van der Waals surface area contributed by atoms with Gasteiger partial charge in [0, 0.05) is 11.9 Å².